The van der Waals surface area contributed by atoms with Crippen LogP contribution < -0.4 is 0 Å². The van der Waals surface area contributed by atoms with E-state index in [1.165, 1.54) is 70.6 Å². The molecule has 4 fully saturated rings. The zero-order valence-electron chi connectivity index (χ0n) is 19.8. The molecule has 2 N–H and O–H groups in total. The molecular formula is C27H48O2. The molecule has 2 heteroatoms. The zero-order chi connectivity index (χ0) is 20.9. The van der Waals surface area contributed by atoms with Crippen LogP contribution in [0, 0.1) is 40.4 Å². The predicted octanol–water partition coefficient (Wildman–Crippen LogP) is 6.73. The highest BCUT2D eigenvalue weighted by molar-refractivity contribution is 5.11. The molecule has 4 saturated carbocycles. The van der Waals surface area contributed by atoms with Crippen LogP contribution in [0.15, 0.2) is 0 Å². The molecule has 4 aliphatic rings. The van der Waals surface area contributed by atoms with E-state index in [0.29, 0.717) is 16.7 Å². The summed E-state index contributed by atoms with van der Waals surface area (Å²) in [6, 6.07) is 0. The molecular weight excluding hydrogens is 356 g/mol. The van der Waals surface area contributed by atoms with E-state index >= 15 is 0 Å². The smallest absolute Gasteiger partial charge is 0.0653 e. The second kappa shape index (κ2) is 8.12. The highest BCUT2D eigenvalue weighted by atomic mass is 16.3. The highest BCUT2D eigenvalue weighted by Gasteiger charge is 2.62. The molecule has 9 atom stereocenters. The van der Waals surface area contributed by atoms with Crippen molar-refractivity contribution < 1.29 is 10.2 Å². The van der Waals surface area contributed by atoms with Crippen LogP contribution in [0.25, 0.3) is 0 Å². The first-order valence-electron chi connectivity index (χ1n) is 13.1. The summed E-state index contributed by atoms with van der Waals surface area (Å²) in [5, 5.41) is 21.8. The van der Waals surface area contributed by atoms with Gasteiger partial charge in [-0.2, -0.15) is 0 Å². The molecule has 0 saturated heterocycles. The van der Waals surface area contributed by atoms with Crippen LogP contribution in [0.2, 0.25) is 0 Å². The summed E-state index contributed by atoms with van der Waals surface area (Å²) in [5.74, 6) is 3.78. The second-order valence-corrected chi connectivity index (χ2v) is 12.4. The van der Waals surface area contributed by atoms with E-state index in [9.17, 15) is 10.2 Å². The third kappa shape index (κ3) is 3.73. The summed E-state index contributed by atoms with van der Waals surface area (Å²) in [6.07, 6.45) is 17.3. The Morgan fingerprint density at radius 1 is 0.862 bits per heavy atom. The minimum atomic E-state index is -0.486. The van der Waals surface area contributed by atoms with Gasteiger partial charge in [0.05, 0.1) is 11.7 Å². The molecule has 0 amide bonds. The molecule has 168 valence electrons. The Kier molecular flexibility index (Phi) is 6.19. The monoisotopic (exact) mass is 404 g/mol. The van der Waals surface area contributed by atoms with Crippen molar-refractivity contribution in [1.29, 1.82) is 0 Å². The van der Waals surface area contributed by atoms with Crippen LogP contribution >= 0.6 is 0 Å². The normalized spacial score (nSPS) is 49.0. The van der Waals surface area contributed by atoms with Crippen molar-refractivity contribution in [2.24, 2.45) is 40.4 Å². The second-order valence-electron chi connectivity index (χ2n) is 12.4. The van der Waals surface area contributed by atoms with Crippen molar-refractivity contribution in [2.45, 2.75) is 129 Å². The molecule has 4 rings (SSSR count). The maximum absolute atomic E-state index is 11.6. The maximum atomic E-state index is 11.6. The van der Waals surface area contributed by atoms with Crippen LogP contribution in [0.3, 0.4) is 0 Å². The Morgan fingerprint density at radius 2 is 1.59 bits per heavy atom. The van der Waals surface area contributed by atoms with Crippen LogP contribution in [-0.4, -0.2) is 21.9 Å². The van der Waals surface area contributed by atoms with E-state index < -0.39 is 5.60 Å². The first kappa shape index (κ1) is 22.1. The fourth-order valence-electron chi connectivity index (χ4n) is 9.34. The van der Waals surface area contributed by atoms with Gasteiger partial charge in [-0.05, 0) is 112 Å². The predicted molar refractivity (Wildman–Crippen MR) is 121 cm³/mol. The van der Waals surface area contributed by atoms with Crippen LogP contribution in [-0.2, 0) is 0 Å². The van der Waals surface area contributed by atoms with Crippen molar-refractivity contribution in [1.82, 2.24) is 0 Å². The Hall–Kier alpha value is -0.0800. The van der Waals surface area contributed by atoms with Gasteiger partial charge in [-0.3, -0.25) is 0 Å². The van der Waals surface area contributed by atoms with E-state index in [4.69, 9.17) is 0 Å². The van der Waals surface area contributed by atoms with Gasteiger partial charge in [0.25, 0.3) is 0 Å². The van der Waals surface area contributed by atoms with Gasteiger partial charge in [0.15, 0.2) is 0 Å². The largest absolute Gasteiger partial charge is 0.393 e. The number of aliphatic hydroxyl groups excluding tert-OH is 1. The van der Waals surface area contributed by atoms with Crippen LogP contribution in [0.5, 0.6) is 0 Å². The first-order valence-corrected chi connectivity index (χ1v) is 13.1. The van der Waals surface area contributed by atoms with Crippen molar-refractivity contribution >= 4 is 0 Å². The van der Waals surface area contributed by atoms with E-state index in [1.807, 2.05) is 0 Å². The molecule has 0 heterocycles. The molecule has 0 aromatic rings. The fraction of sp³-hybridized carbons (Fsp3) is 1.00. The van der Waals surface area contributed by atoms with Gasteiger partial charge in [0.1, 0.15) is 0 Å². The summed E-state index contributed by atoms with van der Waals surface area (Å²) < 4.78 is 0. The molecule has 0 bridgehead atoms. The Labute approximate surface area is 180 Å². The number of fused-ring (bicyclic) bond motifs is 5. The van der Waals surface area contributed by atoms with E-state index in [0.717, 1.165) is 42.9 Å². The molecule has 0 radical (unpaired) electrons. The number of hydrogen-bond acceptors (Lipinski definition) is 2. The summed E-state index contributed by atoms with van der Waals surface area (Å²) in [5.41, 5.74) is 0.317. The Bertz CT molecular complexity index is 571. The van der Waals surface area contributed by atoms with Crippen molar-refractivity contribution in [2.75, 3.05) is 0 Å². The summed E-state index contributed by atoms with van der Waals surface area (Å²) in [7, 11) is 0. The third-order valence-corrected chi connectivity index (χ3v) is 10.9. The van der Waals surface area contributed by atoms with Crippen molar-refractivity contribution in [3.8, 4) is 0 Å². The van der Waals surface area contributed by atoms with Gasteiger partial charge in [0.2, 0.25) is 0 Å². The fourth-order valence-corrected chi connectivity index (χ4v) is 9.34. The molecule has 0 aromatic heterocycles. The quantitative estimate of drug-likeness (QED) is 0.482. The molecule has 29 heavy (non-hydrogen) atoms. The van der Waals surface area contributed by atoms with Gasteiger partial charge < -0.3 is 10.2 Å². The Morgan fingerprint density at radius 3 is 2.34 bits per heavy atom. The van der Waals surface area contributed by atoms with E-state index in [-0.39, 0.29) is 6.10 Å². The van der Waals surface area contributed by atoms with Crippen molar-refractivity contribution in [3.63, 3.8) is 0 Å². The average molecular weight is 405 g/mol. The van der Waals surface area contributed by atoms with E-state index in [2.05, 4.69) is 27.7 Å². The van der Waals surface area contributed by atoms with Crippen LogP contribution in [0.4, 0.5) is 0 Å². The minimum Gasteiger partial charge on any atom is -0.393 e. The van der Waals surface area contributed by atoms with Gasteiger partial charge in [0, 0.05) is 0 Å². The molecule has 0 aromatic carbocycles. The van der Waals surface area contributed by atoms with Gasteiger partial charge in [-0.25, -0.2) is 0 Å². The van der Waals surface area contributed by atoms with Crippen LogP contribution in [0.1, 0.15) is 118 Å². The lowest BCUT2D eigenvalue weighted by Crippen LogP contribution is -2.55. The first-order chi connectivity index (χ1) is 13.7. The number of aliphatic hydroxyl groups is 2. The minimum absolute atomic E-state index is 0.0443. The van der Waals surface area contributed by atoms with Gasteiger partial charge >= 0.3 is 0 Å². The highest BCUT2D eigenvalue weighted by Crippen LogP contribution is 2.68. The molecule has 2 nitrogen and oxygen atoms in total. The molecule has 0 unspecified atom stereocenters. The summed E-state index contributed by atoms with van der Waals surface area (Å²) in [6.45, 7) is 9.58. The lowest BCUT2D eigenvalue weighted by molar-refractivity contribution is -0.144. The van der Waals surface area contributed by atoms with Crippen molar-refractivity contribution in [3.05, 3.63) is 0 Å². The average Bonchev–Trinajstić information content (AvgIpc) is 3.04. The third-order valence-electron chi connectivity index (χ3n) is 10.9. The molecule has 0 aliphatic heterocycles. The zero-order valence-corrected chi connectivity index (χ0v) is 19.8. The SMILES string of the molecule is CCCCCC[C@](C)(O)[C@H]1CC[C@H]2[C@@H]3CC[C@H]4C[C@@H](O)CC[C@]4(C)[C@H]3CC[C@@]21C. The topological polar surface area (TPSA) is 40.5 Å². The number of hydrogen-bond donors (Lipinski definition) is 2. The lowest BCUT2D eigenvalue weighted by atomic mass is 9.44. The summed E-state index contributed by atoms with van der Waals surface area (Å²) in [4.78, 5) is 0. The Balaban J connectivity index is 1.48. The van der Waals surface area contributed by atoms with Gasteiger partial charge in [-0.15, -0.1) is 0 Å². The lowest BCUT2D eigenvalue weighted by Gasteiger charge is -2.61. The summed E-state index contributed by atoms with van der Waals surface area (Å²) >= 11 is 0. The van der Waals surface area contributed by atoms with Gasteiger partial charge in [-0.1, -0.05) is 46.5 Å². The number of rotatable bonds is 6. The van der Waals surface area contributed by atoms with E-state index in [1.54, 1.807) is 0 Å². The molecule has 0 spiro atoms. The standard InChI is InChI=1S/C27H48O2/c1-5-6-7-8-15-27(4,29)24-12-11-22-21-10-9-19-18-20(28)13-16-25(19,2)23(21)14-17-26(22,24)3/h19-24,28-29H,5-18H2,1-4H3/t19-,20-,21-,22-,23-,24-,25-,26-,27-/m0/s1. The molecule has 4 aliphatic carbocycles. The number of unbranched alkanes of at least 4 members (excludes halogenated alkanes) is 3. The maximum Gasteiger partial charge on any atom is 0.0653 e.